The molecular weight excluding hydrogens is 412 g/mol. The Hall–Kier alpha value is -0.760. The van der Waals surface area contributed by atoms with Crippen LogP contribution in [0.1, 0.15) is 9.67 Å². The van der Waals surface area contributed by atoms with E-state index >= 15 is 0 Å². The average Bonchev–Trinajstić information content (AvgIpc) is 2.96. The van der Waals surface area contributed by atoms with Crippen LogP contribution >= 0.6 is 54.5 Å². The van der Waals surface area contributed by atoms with Gasteiger partial charge in [-0.05, 0) is 56.1 Å². The fourth-order valence-corrected chi connectivity index (χ4v) is 4.23. The molecule has 2 heterocycles. The SMILES string of the molecule is O=C(Nc1ccc2ncsc2c1)c1cc(Br)c(Br)s1. The van der Waals surface area contributed by atoms with E-state index < -0.39 is 0 Å². The minimum absolute atomic E-state index is 0.111. The van der Waals surface area contributed by atoms with Crippen LogP contribution in [0, 0.1) is 0 Å². The lowest BCUT2D eigenvalue weighted by molar-refractivity contribution is 0.103. The maximum Gasteiger partial charge on any atom is 0.265 e. The van der Waals surface area contributed by atoms with Gasteiger partial charge in [-0.1, -0.05) is 0 Å². The normalized spacial score (nSPS) is 10.8. The number of anilines is 1. The first kappa shape index (κ1) is 13.2. The molecule has 3 aromatic rings. The molecule has 0 aliphatic heterocycles. The van der Waals surface area contributed by atoms with Crippen molar-refractivity contribution in [3.63, 3.8) is 0 Å². The summed E-state index contributed by atoms with van der Waals surface area (Å²) in [5.41, 5.74) is 3.52. The second-order valence-electron chi connectivity index (χ2n) is 3.72. The van der Waals surface area contributed by atoms with Gasteiger partial charge in [-0.25, -0.2) is 4.98 Å². The molecule has 1 aromatic carbocycles. The number of thiazole rings is 1. The number of rotatable bonds is 2. The molecule has 3 rings (SSSR count). The monoisotopic (exact) mass is 416 g/mol. The van der Waals surface area contributed by atoms with Gasteiger partial charge < -0.3 is 5.32 Å². The molecule has 0 unspecified atom stereocenters. The first-order chi connectivity index (χ1) is 9.13. The summed E-state index contributed by atoms with van der Waals surface area (Å²) in [4.78, 5) is 17.0. The van der Waals surface area contributed by atoms with Crippen molar-refractivity contribution in [3.05, 3.63) is 42.9 Å². The fourth-order valence-electron chi connectivity index (χ4n) is 1.58. The highest BCUT2D eigenvalue weighted by Gasteiger charge is 2.12. The van der Waals surface area contributed by atoms with Crippen molar-refractivity contribution in [1.82, 2.24) is 4.98 Å². The smallest absolute Gasteiger partial charge is 0.265 e. The molecule has 19 heavy (non-hydrogen) atoms. The van der Waals surface area contributed by atoms with Crippen molar-refractivity contribution in [2.45, 2.75) is 0 Å². The number of nitrogens with zero attached hydrogens (tertiary/aromatic N) is 1. The van der Waals surface area contributed by atoms with E-state index in [1.807, 2.05) is 18.2 Å². The Kier molecular flexibility index (Phi) is 3.70. The molecule has 2 aromatic heterocycles. The lowest BCUT2D eigenvalue weighted by Gasteiger charge is -2.02. The molecule has 96 valence electrons. The maximum atomic E-state index is 12.1. The number of nitrogens with one attached hydrogen (secondary N) is 1. The molecule has 0 saturated carbocycles. The van der Waals surface area contributed by atoms with Gasteiger partial charge in [0.2, 0.25) is 0 Å². The van der Waals surface area contributed by atoms with Gasteiger partial charge in [0.05, 0.1) is 24.4 Å². The van der Waals surface area contributed by atoms with Crippen molar-refractivity contribution in [3.8, 4) is 0 Å². The van der Waals surface area contributed by atoms with Crippen LogP contribution in [0.3, 0.4) is 0 Å². The third-order valence-electron chi connectivity index (χ3n) is 2.46. The lowest BCUT2D eigenvalue weighted by atomic mass is 10.3. The summed E-state index contributed by atoms with van der Waals surface area (Å²) in [6.07, 6.45) is 0. The third kappa shape index (κ3) is 2.74. The molecule has 1 amide bonds. The maximum absolute atomic E-state index is 12.1. The Morgan fingerprint density at radius 3 is 2.84 bits per heavy atom. The Balaban J connectivity index is 1.85. The summed E-state index contributed by atoms with van der Waals surface area (Å²) in [5.74, 6) is -0.111. The fraction of sp³-hybridized carbons (Fsp3) is 0. The van der Waals surface area contributed by atoms with Crippen molar-refractivity contribution in [2.75, 3.05) is 5.32 Å². The average molecular weight is 418 g/mol. The summed E-state index contributed by atoms with van der Waals surface area (Å²) in [6.45, 7) is 0. The molecule has 0 aliphatic rings. The molecule has 0 atom stereocenters. The highest BCUT2D eigenvalue weighted by Crippen LogP contribution is 2.33. The van der Waals surface area contributed by atoms with Crippen molar-refractivity contribution in [2.24, 2.45) is 0 Å². The Labute approximate surface area is 133 Å². The van der Waals surface area contributed by atoms with E-state index in [1.54, 1.807) is 22.9 Å². The lowest BCUT2D eigenvalue weighted by Crippen LogP contribution is -2.09. The minimum Gasteiger partial charge on any atom is -0.321 e. The van der Waals surface area contributed by atoms with Crippen LogP contribution < -0.4 is 5.32 Å². The highest BCUT2D eigenvalue weighted by molar-refractivity contribution is 9.13. The number of fused-ring (bicyclic) bond motifs is 1. The zero-order valence-corrected chi connectivity index (χ0v) is 14.1. The van der Waals surface area contributed by atoms with E-state index in [0.717, 1.165) is 24.2 Å². The summed E-state index contributed by atoms with van der Waals surface area (Å²) in [5, 5.41) is 2.89. The van der Waals surface area contributed by atoms with Crippen LogP contribution in [-0.2, 0) is 0 Å². The van der Waals surface area contributed by atoms with Crippen LogP contribution in [0.5, 0.6) is 0 Å². The van der Waals surface area contributed by atoms with E-state index in [1.165, 1.54) is 11.3 Å². The van der Waals surface area contributed by atoms with Gasteiger partial charge in [-0.2, -0.15) is 0 Å². The number of amides is 1. The van der Waals surface area contributed by atoms with Gasteiger partial charge in [-0.15, -0.1) is 22.7 Å². The number of carbonyl (C=O) groups is 1. The molecule has 0 spiro atoms. The van der Waals surface area contributed by atoms with E-state index in [0.29, 0.717) is 4.88 Å². The van der Waals surface area contributed by atoms with E-state index in [9.17, 15) is 4.79 Å². The number of benzene rings is 1. The van der Waals surface area contributed by atoms with Gasteiger partial charge in [-0.3, -0.25) is 4.79 Å². The molecule has 0 fully saturated rings. The zero-order chi connectivity index (χ0) is 13.4. The number of thiophene rings is 1. The van der Waals surface area contributed by atoms with Crippen LogP contribution in [0.4, 0.5) is 5.69 Å². The predicted octanol–water partition coefficient (Wildman–Crippen LogP) is 5.14. The number of halogens is 2. The van der Waals surface area contributed by atoms with Crippen LogP contribution in [-0.4, -0.2) is 10.9 Å². The summed E-state index contributed by atoms with van der Waals surface area (Å²) in [7, 11) is 0. The minimum atomic E-state index is -0.111. The van der Waals surface area contributed by atoms with Crippen molar-refractivity contribution in [1.29, 1.82) is 0 Å². The first-order valence-corrected chi connectivity index (χ1v) is 8.51. The van der Waals surface area contributed by atoms with E-state index in [4.69, 9.17) is 0 Å². The molecule has 0 bridgehead atoms. The number of aromatic nitrogens is 1. The van der Waals surface area contributed by atoms with Crippen LogP contribution in [0.2, 0.25) is 0 Å². The Bertz CT molecular complexity index is 747. The van der Waals surface area contributed by atoms with Crippen molar-refractivity contribution >= 4 is 76.3 Å². The molecular formula is C12H6Br2N2OS2. The van der Waals surface area contributed by atoms with E-state index in [-0.39, 0.29) is 5.91 Å². The first-order valence-electron chi connectivity index (χ1n) is 5.23. The number of hydrogen-bond acceptors (Lipinski definition) is 4. The third-order valence-corrected chi connectivity index (χ3v) is 6.50. The number of carbonyl (C=O) groups excluding carboxylic acids is 1. The Morgan fingerprint density at radius 2 is 2.11 bits per heavy atom. The molecule has 7 heteroatoms. The predicted molar refractivity (Wildman–Crippen MR) is 87.3 cm³/mol. The van der Waals surface area contributed by atoms with Gasteiger partial charge in [0.15, 0.2) is 0 Å². The van der Waals surface area contributed by atoms with Crippen LogP contribution in [0.25, 0.3) is 10.2 Å². The summed E-state index contributed by atoms with van der Waals surface area (Å²) < 4.78 is 2.86. The van der Waals surface area contributed by atoms with Crippen LogP contribution in [0.15, 0.2) is 38.0 Å². The van der Waals surface area contributed by atoms with Gasteiger partial charge in [0.1, 0.15) is 0 Å². The van der Waals surface area contributed by atoms with Gasteiger partial charge in [0.25, 0.3) is 5.91 Å². The standard InChI is InChI=1S/C12H6Br2N2OS2/c13-7-4-10(19-11(7)14)12(17)16-6-1-2-8-9(3-6)18-5-15-8/h1-5H,(H,16,17). The largest absolute Gasteiger partial charge is 0.321 e. The summed E-state index contributed by atoms with van der Waals surface area (Å²) in [6, 6.07) is 7.50. The summed E-state index contributed by atoms with van der Waals surface area (Å²) >= 11 is 9.71. The molecule has 0 aliphatic carbocycles. The van der Waals surface area contributed by atoms with Gasteiger partial charge in [0, 0.05) is 10.2 Å². The molecule has 0 saturated heterocycles. The Morgan fingerprint density at radius 1 is 1.26 bits per heavy atom. The quantitative estimate of drug-likeness (QED) is 0.627. The molecule has 0 radical (unpaired) electrons. The van der Waals surface area contributed by atoms with Crippen molar-refractivity contribution < 1.29 is 4.79 Å². The van der Waals surface area contributed by atoms with Gasteiger partial charge >= 0.3 is 0 Å². The topological polar surface area (TPSA) is 42.0 Å². The highest BCUT2D eigenvalue weighted by atomic mass is 79.9. The second kappa shape index (κ2) is 5.32. The molecule has 3 nitrogen and oxygen atoms in total. The number of hydrogen-bond donors (Lipinski definition) is 1. The zero-order valence-electron chi connectivity index (χ0n) is 9.31. The van der Waals surface area contributed by atoms with E-state index in [2.05, 4.69) is 42.2 Å². The second-order valence-corrected chi connectivity index (χ2v) is 7.83. The molecule has 1 N–H and O–H groups in total.